The molecule has 2 aromatic rings. The van der Waals surface area contributed by atoms with E-state index >= 15 is 0 Å². The summed E-state index contributed by atoms with van der Waals surface area (Å²) in [5.41, 5.74) is 4.65. The van der Waals surface area contributed by atoms with E-state index in [2.05, 4.69) is 48.1 Å². The predicted octanol–water partition coefficient (Wildman–Crippen LogP) is 4.05. The van der Waals surface area contributed by atoms with E-state index in [1.807, 2.05) is 12.4 Å². The number of aromatic nitrogens is 2. The maximum Gasteiger partial charge on any atom is 0.0888 e. The third-order valence-electron chi connectivity index (χ3n) is 2.99. The maximum absolute atomic E-state index is 4.43. The lowest BCUT2D eigenvalue weighted by Gasteiger charge is -2.05. The summed E-state index contributed by atoms with van der Waals surface area (Å²) in [5, 5.41) is 0. The highest BCUT2D eigenvalue weighted by molar-refractivity contribution is 5.55. The van der Waals surface area contributed by atoms with Crippen molar-refractivity contribution < 1.29 is 0 Å². The zero-order valence-corrected chi connectivity index (χ0v) is 11.2. The van der Waals surface area contributed by atoms with Crippen molar-refractivity contribution in [3.8, 4) is 11.4 Å². The number of nitrogens with zero attached hydrogens (tertiary/aromatic N) is 2. The second kappa shape index (κ2) is 6.29. The zero-order valence-electron chi connectivity index (χ0n) is 11.2. The van der Waals surface area contributed by atoms with Crippen molar-refractivity contribution in [1.82, 2.24) is 9.97 Å². The van der Waals surface area contributed by atoms with Crippen molar-refractivity contribution >= 4 is 0 Å². The quantitative estimate of drug-likeness (QED) is 0.788. The number of hydrogen-bond acceptors (Lipinski definition) is 2. The molecular weight excluding hydrogens is 220 g/mol. The molecule has 0 saturated carbocycles. The van der Waals surface area contributed by atoms with Crippen LogP contribution >= 0.6 is 0 Å². The molecule has 0 fully saturated rings. The van der Waals surface area contributed by atoms with Gasteiger partial charge in [-0.3, -0.25) is 9.97 Å². The molecule has 18 heavy (non-hydrogen) atoms. The van der Waals surface area contributed by atoms with E-state index in [9.17, 15) is 0 Å². The number of pyridine rings is 2. The first kappa shape index (κ1) is 12.7. The average Bonchev–Trinajstić information content (AvgIpc) is 2.40. The molecule has 0 radical (unpaired) electrons. The Morgan fingerprint density at radius 2 is 1.22 bits per heavy atom. The van der Waals surface area contributed by atoms with Gasteiger partial charge in [0.05, 0.1) is 11.4 Å². The molecule has 0 spiro atoms. The standard InChI is InChI=1S/C16H20N2/c1-3-5-13-7-9-17-15(11-13)16-12-14(6-4-2)8-10-18-16/h7-12H,3-6H2,1-2H3. The van der Waals surface area contributed by atoms with Crippen LogP contribution < -0.4 is 0 Å². The number of aryl methyl sites for hydroxylation is 2. The highest BCUT2D eigenvalue weighted by atomic mass is 14.8. The lowest BCUT2D eigenvalue weighted by Crippen LogP contribution is -1.92. The summed E-state index contributed by atoms with van der Waals surface area (Å²) in [6, 6.07) is 8.48. The van der Waals surface area contributed by atoms with Gasteiger partial charge in [-0.2, -0.15) is 0 Å². The minimum absolute atomic E-state index is 0.985. The monoisotopic (exact) mass is 240 g/mol. The smallest absolute Gasteiger partial charge is 0.0888 e. The SMILES string of the molecule is CCCc1ccnc(-c2cc(CCC)ccn2)c1. The molecule has 2 heterocycles. The van der Waals surface area contributed by atoms with Crippen LogP contribution in [0.5, 0.6) is 0 Å². The fraction of sp³-hybridized carbons (Fsp3) is 0.375. The van der Waals surface area contributed by atoms with Crippen molar-refractivity contribution in [3.05, 3.63) is 47.8 Å². The van der Waals surface area contributed by atoms with Gasteiger partial charge in [-0.25, -0.2) is 0 Å². The highest BCUT2D eigenvalue weighted by Gasteiger charge is 2.03. The van der Waals surface area contributed by atoms with Crippen molar-refractivity contribution in [3.63, 3.8) is 0 Å². The van der Waals surface area contributed by atoms with Gasteiger partial charge in [0, 0.05) is 12.4 Å². The van der Waals surface area contributed by atoms with Gasteiger partial charge in [-0.15, -0.1) is 0 Å². The Kier molecular flexibility index (Phi) is 4.46. The molecule has 0 aliphatic carbocycles. The topological polar surface area (TPSA) is 25.8 Å². The van der Waals surface area contributed by atoms with Crippen LogP contribution in [0, 0.1) is 0 Å². The molecule has 2 aromatic heterocycles. The molecule has 0 unspecified atom stereocenters. The molecule has 2 nitrogen and oxygen atoms in total. The van der Waals surface area contributed by atoms with E-state index in [4.69, 9.17) is 0 Å². The van der Waals surface area contributed by atoms with Gasteiger partial charge < -0.3 is 0 Å². The Morgan fingerprint density at radius 3 is 1.61 bits per heavy atom. The van der Waals surface area contributed by atoms with Gasteiger partial charge in [0.1, 0.15) is 0 Å². The Morgan fingerprint density at radius 1 is 0.778 bits per heavy atom. The van der Waals surface area contributed by atoms with Crippen molar-refractivity contribution in [1.29, 1.82) is 0 Å². The molecular formula is C16H20N2. The summed E-state index contributed by atoms with van der Waals surface area (Å²) >= 11 is 0. The largest absolute Gasteiger partial charge is 0.255 e. The van der Waals surface area contributed by atoms with Crippen LogP contribution in [-0.4, -0.2) is 9.97 Å². The Balaban J connectivity index is 2.29. The molecule has 0 aromatic carbocycles. The summed E-state index contributed by atoms with van der Waals surface area (Å²) < 4.78 is 0. The molecule has 2 rings (SSSR count). The van der Waals surface area contributed by atoms with Crippen molar-refractivity contribution in [2.75, 3.05) is 0 Å². The fourth-order valence-electron chi connectivity index (χ4n) is 2.12. The van der Waals surface area contributed by atoms with Crippen LogP contribution in [0.4, 0.5) is 0 Å². The molecule has 0 atom stereocenters. The second-order valence-corrected chi connectivity index (χ2v) is 4.60. The average molecular weight is 240 g/mol. The van der Waals surface area contributed by atoms with Gasteiger partial charge in [-0.05, 0) is 48.2 Å². The van der Waals surface area contributed by atoms with Crippen LogP contribution in [0.25, 0.3) is 11.4 Å². The summed E-state index contributed by atoms with van der Waals surface area (Å²) in [7, 11) is 0. The minimum atomic E-state index is 0.985. The lowest BCUT2D eigenvalue weighted by molar-refractivity contribution is 0.915. The van der Waals surface area contributed by atoms with E-state index in [-0.39, 0.29) is 0 Å². The molecule has 0 N–H and O–H groups in total. The normalized spacial score (nSPS) is 10.6. The van der Waals surface area contributed by atoms with Crippen LogP contribution in [0.15, 0.2) is 36.7 Å². The van der Waals surface area contributed by atoms with Gasteiger partial charge in [0.25, 0.3) is 0 Å². The Bertz CT molecular complexity index is 458. The van der Waals surface area contributed by atoms with Crippen molar-refractivity contribution in [2.24, 2.45) is 0 Å². The zero-order chi connectivity index (χ0) is 12.8. The number of rotatable bonds is 5. The first-order valence-corrected chi connectivity index (χ1v) is 6.73. The molecule has 2 heteroatoms. The molecule has 0 saturated heterocycles. The maximum atomic E-state index is 4.43. The van der Waals surface area contributed by atoms with Gasteiger partial charge in [0.2, 0.25) is 0 Å². The summed E-state index contributed by atoms with van der Waals surface area (Å²) in [6.07, 6.45) is 8.29. The molecule has 0 amide bonds. The van der Waals surface area contributed by atoms with Crippen LogP contribution in [-0.2, 0) is 12.8 Å². The van der Waals surface area contributed by atoms with E-state index in [1.54, 1.807) is 0 Å². The van der Waals surface area contributed by atoms with Crippen molar-refractivity contribution in [2.45, 2.75) is 39.5 Å². The van der Waals surface area contributed by atoms with Gasteiger partial charge >= 0.3 is 0 Å². The Labute approximate surface area is 109 Å². The first-order valence-electron chi connectivity index (χ1n) is 6.73. The predicted molar refractivity (Wildman–Crippen MR) is 75.5 cm³/mol. The lowest BCUT2D eigenvalue weighted by atomic mass is 10.1. The van der Waals surface area contributed by atoms with Gasteiger partial charge in [-0.1, -0.05) is 26.7 Å². The fourth-order valence-corrected chi connectivity index (χ4v) is 2.12. The third kappa shape index (κ3) is 3.16. The van der Waals surface area contributed by atoms with E-state index in [0.717, 1.165) is 37.1 Å². The van der Waals surface area contributed by atoms with E-state index in [1.165, 1.54) is 11.1 Å². The molecule has 0 bridgehead atoms. The van der Waals surface area contributed by atoms with Gasteiger partial charge in [0.15, 0.2) is 0 Å². The van der Waals surface area contributed by atoms with E-state index < -0.39 is 0 Å². The first-order chi connectivity index (χ1) is 8.83. The van der Waals surface area contributed by atoms with E-state index in [0.29, 0.717) is 0 Å². The Hall–Kier alpha value is -1.70. The molecule has 0 aliphatic heterocycles. The van der Waals surface area contributed by atoms with Crippen LogP contribution in [0.3, 0.4) is 0 Å². The number of hydrogen-bond donors (Lipinski definition) is 0. The molecule has 94 valence electrons. The third-order valence-corrected chi connectivity index (χ3v) is 2.99. The summed E-state index contributed by atoms with van der Waals surface area (Å²) in [6.45, 7) is 4.39. The summed E-state index contributed by atoms with van der Waals surface area (Å²) in [5.74, 6) is 0. The second-order valence-electron chi connectivity index (χ2n) is 4.60. The molecule has 0 aliphatic rings. The minimum Gasteiger partial charge on any atom is -0.255 e. The highest BCUT2D eigenvalue weighted by Crippen LogP contribution is 2.18. The van der Waals surface area contributed by atoms with Crippen LogP contribution in [0.1, 0.15) is 37.8 Å². The summed E-state index contributed by atoms with van der Waals surface area (Å²) in [4.78, 5) is 8.86. The van der Waals surface area contributed by atoms with Crippen LogP contribution in [0.2, 0.25) is 0 Å².